The molecule has 0 saturated heterocycles. The summed E-state index contributed by atoms with van der Waals surface area (Å²) in [4.78, 5) is 18.1. The number of rotatable bonds is 11. The lowest BCUT2D eigenvalue weighted by Crippen LogP contribution is -2.33. The van der Waals surface area contributed by atoms with E-state index in [0.717, 1.165) is 35.9 Å². The number of allylic oxidation sites excluding steroid dienone is 1. The molecule has 0 spiro atoms. The SMILES string of the molecule is C=CCn1c(=NC(=O)c2ccc(S(=O)(=O)N(CCCC)CCCC)cc2)sc2cc3c(cc21)OCO3. The Morgan fingerprint density at radius 3 is 2.36 bits per heavy atom. The van der Waals surface area contributed by atoms with E-state index in [4.69, 9.17) is 9.47 Å². The second kappa shape index (κ2) is 11.4. The molecule has 0 fully saturated rings. The monoisotopic (exact) mass is 529 g/mol. The molecule has 0 bridgehead atoms. The Morgan fingerprint density at radius 1 is 1.11 bits per heavy atom. The van der Waals surface area contributed by atoms with Crippen LogP contribution < -0.4 is 14.3 Å². The molecule has 4 rings (SSSR count). The molecular weight excluding hydrogens is 498 g/mol. The van der Waals surface area contributed by atoms with Crippen LogP contribution in [0.15, 0.2) is 58.9 Å². The Morgan fingerprint density at radius 2 is 1.75 bits per heavy atom. The van der Waals surface area contributed by atoms with Crippen molar-refractivity contribution in [2.24, 2.45) is 4.99 Å². The van der Waals surface area contributed by atoms with Gasteiger partial charge in [-0.15, -0.1) is 6.58 Å². The van der Waals surface area contributed by atoms with Gasteiger partial charge in [-0.05, 0) is 37.1 Å². The van der Waals surface area contributed by atoms with Crippen LogP contribution in [-0.2, 0) is 16.6 Å². The molecule has 0 N–H and O–H groups in total. The van der Waals surface area contributed by atoms with Crippen LogP contribution in [0.1, 0.15) is 49.9 Å². The first-order valence-corrected chi connectivity index (χ1v) is 14.4. The highest BCUT2D eigenvalue weighted by molar-refractivity contribution is 7.89. The maximum atomic E-state index is 13.2. The summed E-state index contributed by atoms with van der Waals surface area (Å²) in [6.07, 6.45) is 5.18. The topological polar surface area (TPSA) is 90.2 Å². The van der Waals surface area contributed by atoms with E-state index in [1.54, 1.807) is 10.4 Å². The lowest BCUT2D eigenvalue weighted by Gasteiger charge is -2.22. The summed E-state index contributed by atoms with van der Waals surface area (Å²) in [5, 5.41) is 0. The molecule has 0 atom stereocenters. The van der Waals surface area contributed by atoms with Gasteiger partial charge in [-0.25, -0.2) is 8.42 Å². The van der Waals surface area contributed by atoms with E-state index in [1.165, 1.54) is 35.6 Å². The molecule has 0 aliphatic carbocycles. The van der Waals surface area contributed by atoms with Gasteiger partial charge in [0.05, 0.1) is 15.1 Å². The number of fused-ring (bicyclic) bond motifs is 2. The standard InChI is InChI=1S/C26H31N3O5S2/c1-4-7-14-28(15-8-5-2)36(31,32)20-11-9-19(10-12-20)25(30)27-26-29(13-6-3)21-16-22-23(34-18-33-22)17-24(21)35-26/h6,9-12,16-17H,3-5,7-8,13-15,18H2,1-2H3. The van der Waals surface area contributed by atoms with Crippen molar-refractivity contribution in [2.75, 3.05) is 19.9 Å². The van der Waals surface area contributed by atoms with Gasteiger partial charge in [0.2, 0.25) is 16.8 Å². The molecule has 192 valence electrons. The van der Waals surface area contributed by atoms with Gasteiger partial charge >= 0.3 is 0 Å². The van der Waals surface area contributed by atoms with E-state index in [9.17, 15) is 13.2 Å². The van der Waals surface area contributed by atoms with Crippen LogP contribution in [0.2, 0.25) is 0 Å². The molecule has 0 unspecified atom stereocenters. The lowest BCUT2D eigenvalue weighted by molar-refractivity contribution is 0.0997. The Bertz CT molecular complexity index is 1410. The van der Waals surface area contributed by atoms with Crippen LogP contribution in [0.4, 0.5) is 0 Å². The predicted molar refractivity (Wildman–Crippen MR) is 141 cm³/mol. The molecule has 8 nitrogen and oxygen atoms in total. The van der Waals surface area contributed by atoms with Gasteiger partial charge in [0.1, 0.15) is 0 Å². The predicted octanol–water partition coefficient (Wildman–Crippen LogP) is 4.95. The van der Waals surface area contributed by atoms with Crippen LogP contribution in [-0.4, -0.2) is 43.1 Å². The number of nitrogens with zero attached hydrogens (tertiary/aromatic N) is 3. The van der Waals surface area contributed by atoms with Gasteiger partial charge in [0, 0.05) is 37.3 Å². The van der Waals surface area contributed by atoms with E-state index in [-0.39, 0.29) is 11.7 Å². The fraction of sp³-hybridized carbons (Fsp3) is 0.385. The first-order valence-electron chi connectivity index (χ1n) is 12.1. The number of hydrogen-bond acceptors (Lipinski definition) is 6. The maximum absolute atomic E-state index is 13.2. The van der Waals surface area contributed by atoms with Gasteiger partial charge in [0.15, 0.2) is 16.3 Å². The second-order valence-corrected chi connectivity index (χ2v) is 11.5. The number of aromatic nitrogens is 1. The summed E-state index contributed by atoms with van der Waals surface area (Å²) in [6.45, 7) is 9.53. The summed E-state index contributed by atoms with van der Waals surface area (Å²) >= 11 is 1.37. The molecule has 10 heteroatoms. The molecule has 36 heavy (non-hydrogen) atoms. The third kappa shape index (κ3) is 5.40. The molecule has 2 aromatic carbocycles. The van der Waals surface area contributed by atoms with E-state index in [1.807, 2.05) is 30.5 Å². The smallest absolute Gasteiger partial charge is 0.279 e. The Kier molecular flexibility index (Phi) is 8.28. The summed E-state index contributed by atoms with van der Waals surface area (Å²) in [5.41, 5.74) is 1.19. The highest BCUT2D eigenvalue weighted by Gasteiger charge is 2.24. The second-order valence-electron chi connectivity index (χ2n) is 8.51. The average molecular weight is 530 g/mol. The number of carbonyl (C=O) groups is 1. The van der Waals surface area contributed by atoms with Crippen LogP contribution in [0.3, 0.4) is 0 Å². The van der Waals surface area contributed by atoms with Gasteiger partial charge in [-0.2, -0.15) is 9.30 Å². The minimum Gasteiger partial charge on any atom is -0.454 e. The quantitative estimate of drug-likeness (QED) is 0.328. The third-order valence-corrected chi connectivity index (χ3v) is 8.90. The number of thiazole rings is 1. The van der Waals surface area contributed by atoms with E-state index in [2.05, 4.69) is 11.6 Å². The van der Waals surface area contributed by atoms with Gasteiger partial charge in [0.25, 0.3) is 5.91 Å². The van der Waals surface area contributed by atoms with E-state index in [0.29, 0.717) is 41.5 Å². The largest absolute Gasteiger partial charge is 0.454 e. The number of unbranched alkanes of at least 4 members (excludes halogenated alkanes) is 2. The highest BCUT2D eigenvalue weighted by Crippen LogP contribution is 2.37. The fourth-order valence-electron chi connectivity index (χ4n) is 3.94. The number of amides is 1. The van der Waals surface area contributed by atoms with E-state index >= 15 is 0 Å². The molecule has 0 saturated carbocycles. The van der Waals surface area contributed by atoms with Gasteiger partial charge in [-0.1, -0.05) is 44.1 Å². The summed E-state index contributed by atoms with van der Waals surface area (Å²) < 4.78 is 41.7. The van der Waals surface area contributed by atoms with Crippen molar-refractivity contribution in [3.63, 3.8) is 0 Å². The molecular formula is C26H31N3O5S2. The number of ether oxygens (including phenoxy) is 2. The molecule has 1 aliphatic rings. The van der Waals surface area contributed by atoms with Crippen molar-refractivity contribution in [3.8, 4) is 11.5 Å². The van der Waals surface area contributed by atoms with Crippen LogP contribution >= 0.6 is 11.3 Å². The van der Waals surface area contributed by atoms with Crippen molar-refractivity contribution in [3.05, 3.63) is 59.4 Å². The Labute approximate surface area is 215 Å². The number of benzene rings is 2. The van der Waals surface area contributed by atoms with Crippen molar-refractivity contribution in [1.29, 1.82) is 0 Å². The van der Waals surface area contributed by atoms with Crippen molar-refractivity contribution in [2.45, 2.75) is 51.0 Å². The normalized spacial score (nSPS) is 13.6. The van der Waals surface area contributed by atoms with Crippen molar-refractivity contribution in [1.82, 2.24) is 8.87 Å². The van der Waals surface area contributed by atoms with Crippen LogP contribution in [0.5, 0.6) is 11.5 Å². The highest BCUT2D eigenvalue weighted by atomic mass is 32.2. The zero-order chi connectivity index (χ0) is 25.7. The summed E-state index contributed by atoms with van der Waals surface area (Å²) in [5.74, 6) is 0.868. The average Bonchev–Trinajstić information content (AvgIpc) is 3.46. The van der Waals surface area contributed by atoms with E-state index < -0.39 is 15.9 Å². The number of sulfonamides is 1. The summed E-state index contributed by atoms with van der Waals surface area (Å²) in [7, 11) is -3.63. The zero-order valence-electron chi connectivity index (χ0n) is 20.6. The zero-order valence-corrected chi connectivity index (χ0v) is 22.2. The molecule has 0 radical (unpaired) electrons. The molecule has 2 heterocycles. The fourth-order valence-corrected chi connectivity index (χ4v) is 6.51. The summed E-state index contributed by atoms with van der Waals surface area (Å²) in [6, 6.07) is 9.79. The first kappa shape index (κ1) is 26.1. The minimum atomic E-state index is -3.63. The third-order valence-electron chi connectivity index (χ3n) is 5.95. The molecule has 1 aliphatic heterocycles. The van der Waals surface area contributed by atoms with Crippen LogP contribution in [0.25, 0.3) is 10.2 Å². The van der Waals surface area contributed by atoms with Gasteiger partial charge < -0.3 is 14.0 Å². The maximum Gasteiger partial charge on any atom is 0.279 e. The number of hydrogen-bond donors (Lipinski definition) is 0. The Balaban J connectivity index is 1.63. The minimum absolute atomic E-state index is 0.185. The lowest BCUT2D eigenvalue weighted by atomic mass is 10.2. The van der Waals surface area contributed by atoms with Crippen molar-refractivity contribution < 1.29 is 22.7 Å². The number of carbonyl (C=O) groups excluding carboxylic acids is 1. The molecule has 3 aromatic rings. The van der Waals surface area contributed by atoms with Crippen molar-refractivity contribution >= 4 is 37.5 Å². The van der Waals surface area contributed by atoms with Gasteiger partial charge in [-0.3, -0.25) is 4.79 Å². The Hall–Kier alpha value is -2.95. The van der Waals surface area contributed by atoms with Crippen LogP contribution in [0, 0.1) is 0 Å². The molecule has 1 aromatic heterocycles. The molecule has 1 amide bonds. The first-order chi connectivity index (χ1) is 17.4.